The summed E-state index contributed by atoms with van der Waals surface area (Å²) in [4.78, 5) is 10.4. The summed E-state index contributed by atoms with van der Waals surface area (Å²) >= 11 is 3.20. The molecule has 0 atom stereocenters. The van der Waals surface area contributed by atoms with Crippen molar-refractivity contribution in [3.8, 4) is 5.06 Å². The molecule has 0 spiro atoms. The standard InChI is InChI=1S/C16H28OS.C6H7NOS/c1-2-3-4-5-6-7-8-9-10-11-14-17-16-13-12-15-18-16;1-5(8)7-6-3-2-4-9-6/h12-13,15H,2-11,14H2,1H3;2-4H,1H3,(H,7,8). The van der Waals surface area contributed by atoms with E-state index in [1.54, 1.807) is 11.3 Å². The van der Waals surface area contributed by atoms with Crippen LogP contribution in [0.25, 0.3) is 0 Å². The predicted molar refractivity (Wildman–Crippen MR) is 120 cm³/mol. The second-order valence-electron chi connectivity index (χ2n) is 6.62. The highest BCUT2D eigenvalue weighted by atomic mass is 32.1. The minimum Gasteiger partial charge on any atom is -0.484 e. The first-order valence-corrected chi connectivity index (χ1v) is 12.0. The minimum atomic E-state index is -0.0162. The zero-order chi connectivity index (χ0) is 19.6. The molecule has 0 radical (unpaired) electrons. The lowest BCUT2D eigenvalue weighted by Crippen LogP contribution is -2.03. The summed E-state index contributed by atoms with van der Waals surface area (Å²) in [6, 6.07) is 7.85. The summed E-state index contributed by atoms with van der Waals surface area (Å²) in [6.07, 6.45) is 13.8. The lowest BCUT2D eigenvalue weighted by molar-refractivity contribution is -0.114. The maximum Gasteiger partial charge on any atom is 0.221 e. The Bertz CT molecular complexity index is 553. The molecule has 0 unspecified atom stereocenters. The van der Waals surface area contributed by atoms with Crippen LogP contribution in [-0.2, 0) is 4.79 Å². The number of hydrogen-bond acceptors (Lipinski definition) is 4. The number of ether oxygens (including phenoxy) is 1. The van der Waals surface area contributed by atoms with Crippen molar-refractivity contribution in [3.05, 3.63) is 35.0 Å². The van der Waals surface area contributed by atoms with Gasteiger partial charge in [-0.15, -0.1) is 22.7 Å². The van der Waals surface area contributed by atoms with E-state index >= 15 is 0 Å². The number of hydrogen-bond donors (Lipinski definition) is 1. The van der Waals surface area contributed by atoms with Gasteiger partial charge >= 0.3 is 0 Å². The molecule has 3 nitrogen and oxygen atoms in total. The number of unbranched alkanes of at least 4 members (excludes halogenated alkanes) is 9. The van der Waals surface area contributed by atoms with E-state index in [2.05, 4.69) is 17.6 Å². The third-order valence-electron chi connectivity index (χ3n) is 4.06. The highest BCUT2D eigenvalue weighted by Gasteiger charge is 1.95. The van der Waals surface area contributed by atoms with Gasteiger partial charge in [-0.1, -0.05) is 64.7 Å². The van der Waals surface area contributed by atoms with Crippen molar-refractivity contribution in [2.45, 2.75) is 78.1 Å². The summed E-state index contributed by atoms with van der Waals surface area (Å²) in [6.45, 7) is 4.66. The molecule has 0 saturated heterocycles. The Morgan fingerprint density at radius 1 is 0.889 bits per heavy atom. The third kappa shape index (κ3) is 14.4. The molecule has 0 fully saturated rings. The van der Waals surface area contributed by atoms with E-state index < -0.39 is 0 Å². The minimum absolute atomic E-state index is 0.0162. The van der Waals surface area contributed by atoms with Crippen LogP contribution < -0.4 is 10.1 Å². The first-order chi connectivity index (χ1) is 13.2. The predicted octanol–water partition coefficient (Wildman–Crippen LogP) is 7.75. The molecule has 1 N–H and O–H groups in total. The van der Waals surface area contributed by atoms with Crippen LogP contribution in [0.2, 0.25) is 0 Å². The first kappa shape index (κ1) is 23.7. The Hall–Kier alpha value is -1.33. The van der Waals surface area contributed by atoms with E-state index in [9.17, 15) is 4.79 Å². The zero-order valence-corrected chi connectivity index (χ0v) is 18.5. The molecule has 27 heavy (non-hydrogen) atoms. The maximum absolute atomic E-state index is 10.4. The topological polar surface area (TPSA) is 38.3 Å². The van der Waals surface area contributed by atoms with Crippen LogP contribution in [0.5, 0.6) is 5.06 Å². The second kappa shape index (κ2) is 16.8. The van der Waals surface area contributed by atoms with Crippen molar-refractivity contribution in [1.82, 2.24) is 0 Å². The Kier molecular flexibility index (Phi) is 14.8. The molecule has 0 saturated carbocycles. The van der Waals surface area contributed by atoms with Gasteiger partial charge in [0.05, 0.1) is 11.6 Å². The number of anilines is 1. The van der Waals surface area contributed by atoms with Crippen molar-refractivity contribution in [1.29, 1.82) is 0 Å². The Morgan fingerprint density at radius 3 is 2.00 bits per heavy atom. The van der Waals surface area contributed by atoms with Crippen molar-refractivity contribution >= 4 is 33.6 Å². The first-order valence-electron chi connectivity index (χ1n) is 10.2. The molecular weight excluding hydrogens is 374 g/mol. The Balaban J connectivity index is 0.000000337. The van der Waals surface area contributed by atoms with Gasteiger partial charge in [0.2, 0.25) is 5.91 Å². The monoisotopic (exact) mass is 409 g/mol. The maximum atomic E-state index is 10.4. The SMILES string of the molecule is CC(=O)Nc1cccs1.CCCCCCCCCCCCOc1cccs1. The van der Waals surface area contributed by atoms with Gasteiger partial charge in [-0.2, -0.15) is 0 Å². The number of carbonyl (C=O) groups is 1. The van der Waals surface area contributed by atoms with E-state index in [0.29, 0.717) is 0 Å². The molecule has 2 aromatic heterocycles. The molecule has 152 valence electrons. The largest absolute Gasteiger partial charge is 0.484 e. The normalized spacial score (nSPS) is 10.1. The molecule has 2 heterocycles. The smallest absolute Gasteiger partial charge is 0.221 e. The van der Waals surface area contributed by atoms with Crippen LogP contribution >= 0.6 is 22.7 Å². The zero-order valence-electron chi connectivity index (χ0n) is 16.9. The van der Waals surface area contributed by atoms with E-state index in [0.717, 1.165) is 16.7 Å². The van der Waals surface area contributed by atoms with Gasteiger partial charge < -0.3 is 10.1 Å². The van der Waals surface area contributed by atoms with E-state index in [1.807, 2.05) is 29.6 Å². The summed E-state index contributed by atoms with van der Waals surface area (Å²) in [5, 5.41) is 8.62. The lowest BCUT2D eigenvalue weighted by atomic mass is 10.1. The van der Waals surface area contributed by atoms with Crippen molar-refractivity contribution in [2.24, 2.45) is 0 Å². The van der Waals surface area contributed by atoms with Gasteiger partial charge in [0.15, 0.2) is 5.06 Å². The van der Waals surface area contributed by atoms with Crippen molar-refractivity contribution in [2.75, 3.05) is 11.9 Å². The number of rotatable bonds is 13. The van der Waals surface area contributed by atoms with Crippen LogP contribution in [0, 0.1) is 0 Å². The number of amides is 1. The molecule has 0 aliphatic carbocycles. The summed E-state index contributed by atoms with van der Waals surface area (Å²) < 4.78 is 5.64. The third-order valence-corrected chi connectivity index (χ3v) is 5.62. The summed E-state index contributed by atoms with van der Waals surface area (Å²) in [5.74, 6) is -0.0162. The van der Waals surface area contributed by atoms with Gasteiger partial charge in [-0.25, -0.2) is 0 Å². The second-order valence-corrected chi connectivity index (χ2v) is 8.48. The van der Waals surface area contributed by atoms with E-state index in [4.69, 9.17) is 4.74 Å². The number of nitrogens with one attached hydrogen (secondary N) is 1. The number of carbonyl (C=O) groups excluding carboxylic acids is 1. The van der Waals surface area contributed by atoms with Gasteiger partial charge in [-0.3, -0.25) is 4.79 Å². The highest BCUT2D eigenvalue weighted by Crippen LogP contribution is 2.18. The quantitative estimate of drug-likeness (QED) is 0.343. The molecular formula is C22H35NO2S2. The van der Waals surface area contributed by atoms with E-state index in [-0.39, 0.29) is 5.91 Å². The van der Waals surface area contributed by atoms with Gasteiger partial charge in [0.1, 0.15) is 0 Å². The molecule has 1 amide bonds. The van der Waals surface area contributed by atoms with Crippen LogP contribution in [0.1, 0.15) is 78.1 Å². The van der Waals surface area contributed by atoms with Gasteiger partial charge in [0, 0.05) is 6.92 Å². The van der Waals surface area contributed by atoms with Crippen LogP contribution in [0.3, 0.4) is 0 Å². The summed E-state index contributed by atoms with van der Waals surface area (Å²) in [7, 11) is 0. The van der Waals surface area contributed by atoms with E-state index in [1.165, 1.54) is 82.5 Å². The fraction of sp³-hybridized carbons (Fsp3) is 0.591. The average molecular weight is 410 g/mol. The number of thiophene rings is 2. The molecule has 0 aliphatic rings. The fourth-order valence-electron chi connectivity index (χ4n) is 2.63. The van der Waals surface area contributed by atoms with Crippen molar-refractivity contribution in [3.63, 3.8) is 0 Å². The average Bonchev–Trinajstić information content (AvgIpc) is 3.34. The van der Waals surface area contributed by atoms with Crippen LogP contribution in [0.15, 0.2) is 35.0 Å². The molecule has 0 aromatic carbocycles. The molecule has 0 bridgehead atoms. The Labute approximate surface area is 173 Å². The molecule has 2 rings (SSSR count). The molecule has 5 heteroatoms. The van der Waals surface area contributed by atoms with Crippen LogP contribution in [-0.4, -0.2) is 12.5 Å². The van der Waals surface area contributed by atoms with Gasteiger partial charge in [-0.05, 0) is 41.4 Å². The fourth-order valence-corrected chi connectivity index (χ4v) is 3.89. The van der Waals surface area contributed by atoms with Crippen LogP contribution in [0.4, 0.5) is 5.00 Å². The summed E-state index contributed by atoms with van der Waals surface area (Å²) in [5.41, 5.74) is 0. The van der Waals surface area contributed by atoms with Crippen molar-refractivity contribution < 1.29 is 9.53 Å². The molecule has 2 aromatic rings. The Morgan fingerprint density at radius 2 is 1.48 bits per heavy atom. The van der Waals surface area contributed by atoms with Gasteiger partial charge in [0.25, 0.3) is 0 Å². The lowest BCUT2D eigenvalue weighted by Gasteiger charge is -2.03. The highest BCUT2D eigenvalue weighted by molar-refractivity contribution is 7.14. The molecule has 0 aliphatic heterocycles.